The lowest BCUT2D eigenvalue weighted by atomic mass is 9.99. The fourth-order valence-electron chi connectivity index (χ4n) is 3.38. The minimum atomic E-state index is -0.0740. The number of nitrogens with one attached hydrogen (secondary N) is 2. The van der Waals surface area contributed by atoms with E-state index in [1.165, 1.54) is 59.9 Å². The van der Waals surface area contributed by atoms with Crippen LogP contribution in [0.1, 0.15) is 48.9 Å². The summed E-state index contributed by atoms with van der Waals surface area (Å²) < 4.78 is 2.91. The van der Waals surface area contributed by atoms with E-state index in [1.807, 2.05) is 0 Å². The molecular weight excluding hydrogens is 280 g/mol. The summed E-state index contributed by atoms with van der Waals surface area (Å²) in [6.45, 7) is 4.31. The first-order valence-electron chi connectivity index (χ1n) is 8.00. The van der Waals surface area contributed by atoms with Gasteiger partial charge in [0.25, 0.3) is 0 Å². The molecule has 1 aromatic carbocycles. The standard InChI is InChI=1S/C17H24N2OS/c1-11(2)10-21-19-17(20)18-16-14-7-3-5-12(14)9-13-6-4-8-15(13)16/h9,11H,3-8,10H2,1-2H3,(H2,18,19,20). The summed E-state index contributed by atoms with van der Waals surface area (Å²) in [5.41, 5.74) is 6.82. The summed E-state index contributed by atoms with van der Waals surface area (Å²) in [4.78, 5) is 12.2. The van der Waals surface area contributed by atoms with Crippen molar-refractivity contribution in [1.29, 1.82) is 0 Å². The summed E-state index contributed by atoms with van der Waals surface area (Å²) in [7, 11) is 0. The van der Waals surface area contributed by atoms with E-state index in [0.717, 1.165) is 24.3 Å². The van der Waals surface area contributed by atoms with E-state index in [0.29, 0.717) is 5.92 Å². The normalized spacial score (nSPS) is 16.0. The Labute approximate surface area is 131 Å². The Morgan fingerprint density at radius 1 is 1.14 bits per heavy atom. The highest BCUT2D eigenvalue weighted by Crippen LogP contribution is 2.38. The van der Waals surface area contributed by atoms with Gasteiger partial charge in [0, 0.05) is 11.4 Å². The van der Waals surface area contributed by atoms with Crippen LogP contribution in [0.3, 0.4) is 0 Å². The van der Waals surface area contributed by atoms with Crippen molar-refractivity contribution in [3.8, 4) is 0 Å². The van der Waals surface area contributed by atoms with Gasteiger partial charge in [0.2, 0.25) is 0 Å². The van der Waals surface area contributed by atoms with Gasteiger partial charge < -0.3 is 5.32 Å². The maximum atomic E-state index is 12.2. The zero-order valence-electron chi connectivity index (χ0n) is 12.9. The number of amides is 2. The van der Waals surface area contributed by atoms with Crippen LogP contribution in [0.25, 0.3) is 0 Å². The maximum absolute atomic E-state index is 12.2. The molecule has 2 N–H and O–H groups in total. The van der Waals surface area contributed by atoms with Crippen molar-refractivity contribution in [3.63, 3.8) is 0 Å². The number of carbonyl (C=O) groups is 1. The quantitative estimate of drug-likeness (QED) is 0.823. The number of carbonyl (C=O) groups excluding carboxylic acids is 1. The SMILES string of the molecule is CC(C)CSNC(=O)Nc1c2c(cc3c1CCC3)CCC2. The number of benzene rings is 1. The first-order chi connectivity index (χ1) is 10.1. The minimum Gasteiger partial charge on any atom is -0.307 e. The molecule has 3 nitrogen and oxygen atoms in total. The predicted molar refractivity (Wildman–Crippen MR) is 89.9 cm³/mol. The Morgan fingerprint density at radius 3 is 2.33 bits per heavy atom. The van der Waals surface area contributed by atoms with Crippen molar-refractivity contribution < 1.29 is 4.79 Å². The van der Waals surface area contributed by atoms with Crippen LogP contribution in [0.2, 0.25) is 0 Å². The molecular formula is C17H24N2OS. The van der Waals surface area contributed by atoms with Gasteiger partial charge in [0.15, 0.2) is 0 Å². The van der Waals surface area contributed by atoms with Crippen LogP contribution in [0.4, 0.5) is 10.5 Å². The van der Waals surface area contributed by atoms with E-state index in [4.69, 9.17) is 0 Å². The molecule has 21 heavy (non-hydrogen) atoms. The molecule has 1 aromatic rings. The summed E-state index contributed by atoms with van der Waals surface area (Å²) in [5.74, 6) is 1.53. The highest BCUT2D eigenvalue weighted by Gasteiger charge is 2.24. The zero-order valence-corrected chi connectivity index (χ0v) is 13.7. The number of anilines is 1. The second-order valence-corrected chi connectivity index (χ2v) is 7.32. The highest BCUT2D eigenvalue weighted by atomic mass is 32.2. The van der Waals surface area contributed by atoms with Crippen molar-refractivity contribution in [1.82, 2.24) is 4.72 Å². The Bertz CT molecular complexity index is 522. The van der Waals surface area contributed by atoms with E-state index in [9.17, 15) is 4.79 Å². The van der Waals surface area contributed by atoms with Crippen molar-refractivity contribution >= 4 is 23.7 Å². The van der Waals surface area contributed by atoms with Gasteiger partial charge >= 0.3 is 6.03 Å². The van der Waals surface area contributed by atoms with E-state index in [2.05, 4.69) is 30.0 Å². The molecule has 2 amide bonds. The molecule has 2 aliphatic rings. The fraction of sp³-hybridized carbons (Fsp3) is 0.588. The lowest BCUT2D eigenvalue weighted by molar-refractivity contribution is 0.257. The number of urea groups is 1. The van der Waals surface area contributed by atoms with Crippen LogP contribution in [0.5, 0.6) is 0 Å². The third-order valence-corrected chi connectivity index (χ3v) is 5.46. The number of fused-ring (bicyclic) bond motifs is 2. The molecule has 0 bridgehead atoms. The number of hydrogen-bond acceptors (Lipinski definition) is 2. The maximum Gasteiger partial charge on any atom is 0.329 e. The molecule has 0 atom stereocenters. The van der Waals surface area contributed by atoms with Gasteiger partial charge in [-0.15, -0.1) is 0 Å². The molecule has 0 aromatic heterocycles. The average Bonchev–Trinajstić information content (AvgIpc) is 3.06. The van der Waals surface area contributed by atoms with Gasteiger partial charge in [-0.3, -0.25) is 4.72 Å². The van der Waals surface area contributed by atoms with Crippen LogP contribution in [0, 0.1) is 5.92 Å². The highest BCUT2D eigenvalue weighted by molar-refractivity contribution is 7.97. The Hall–Kier alpha value is -1.16. The molecule has 114 valence electrons. The molecule has 3 rings (SSSR count). The van der Waals surface area contributed by atoms with E-state index >= 15 is 0 Å². The summed E-state index contributed by atoms with van der Waals surface area (Å²) in [5, 5.41) is 3.15. The van der Waals surface area contributed by atoms with Gasteiger partial charge in [0.05, 0.1) is 0 Å². The molecule has 0 spiro atoms. The molecule has 0 unspecified atom stereocenters. The third kappa shape index (κ3) is 3.20. The molecule has 0 saturated carbocycles. The molecule has 4 heteroatoms. The summed E-state index contributed by atoms with van der Waals surface area (Å²) in [6.07, 6.45) is 6.99. The first kappa shape index (κ1) is 14.8. The predicted octanol–water partition coefficient (Wildman–Crippen LogP) is 4.09. The van der Waals surface area contributed by atoms with Gasteiger partial charge in [0.1, 0.15) is 0 Å². The largest absolute Gasteiger partial charge is 0.329 e. The lowest BCUT2D eigenvalue weighted by Gasteiger charge is -2.16. The van der Waals surface area contributed by atoms with Crippen molar-refractivity contribution in [2.24, 2.45) is 5.92 Å². The van der Waals surface area contributed by atoms with Crippen molar-refractivity contribution in [2.75, 3.05) is 11.1 Å². The molecule has 0 fully saturated rings. The Morgan fingerprint density at radius 2 is 1.76 bits per heavy atom. The van der Waals surface area contributed by atoms with Crippen LogP contribution in [0.15, 0.2) is 6.07 Å². The van der Waals surface area contributed by atoms with Crippen LogP contribution >= 0.6 is 11.9 Å². The van der Waals surface area contributed by atoms with Crippen LogP contribution in [-0.2, 0) is 25.7 Å². The van der Waals surface area contributed by atoms with E-state index < -0.39 is 0 Å². The second-order valence-electron chi connectivity index (χ2n) is 6.50. The van der Waals surface area contributed by atoms with Gasteiger partial charge in [-0.25, -0.2) is 4.79 Å². The first-order valence-corrected chi connectivity index (χ1v) is 8.99. The van der Waals surface area contributed by atoms with Crippen LogP contribution < -0.4 is 10.0 Å². The summed E-state index contributed by atoms with van der Waals surface area (Å²) >= 11 is 1.49. The molecule has 0 radical (unpaired) electrons. The summed E-state index contributed by atoms with van der Waals surface area (Å²) in [6, 6.07) is 2.32. The molecule has 0 heterocycles. The number of aryl methyl sites for hydroxylation is 2. The minimum absolute atomic E-state index is 0.0740. The average molecular weight is 304 g/mol. The Kier molecular flexibility index (Phi) is 4.43. The zero-order chi connectivity index (χ0) is 14.8. The lowest BCUT2D eigenvalue weighted by Crippen LogP contribution is -2.25. The monoisotopic (exact) mass is 304 g/mol. The molecule has 0 aliphatic heterocycles. The van der Waals surface area contributed by atoms with Crippen LogP contribution in [-0.4, -0.2) is 11.8 Å². The third-order valence-electron chi connectivity index (χ3n) is 4.29. The van der Waals surface area contributed by atoms with Gasteiger partial charge in [-0.2, -0.15) is 0 Å². The number of hydrogen-bond donors (Lipinski definition) is 2. The van der Waals surface area contributed by atoms with Gasteiger partial charge in [-0.1, -0.05) is 19.9 Å². The number of rotatable bonds is 4. The fourth-order valence-corrected chi connectivity index (χ4v) is 3.98. The van der Waals surface area contributed by atoms with Crippen molar-refractivity contribution in [3.05, 3.63) is 28.3 Å². The van der Waals surface area contributed by atoms with Crippen molar-refractivity contribution in [2.45, 2.75) is 52.4 Å². The molecule has 2 aliphatic carbocycles. The van der Waals surface area contributed by atoms with Gasteiger partial charge in [-0.05, 0) is 78.6 Å². The van der Waals surface area contributed by atoms with E-state index in [1.54, 1.807) is 0 Å². The Balaban J connectivity index is 1.74. The smallest absolute Gasteiger partial charge is 0.307 e. The topological polar surface area (TPSA) is 41.1 Å². The second kappa shape index (κ2) is 6.30. The van der Waals surface area contributed by atoms with E-state index in [-0.39, 0.29) is 6.03 Å². The molecule has 0 saturated heterocycles.